The highest BCUT2D eigenvalue weighted by Gasteiger charge is 2.34. The van der Waals surface area contributed by atoms with E-state index in [-0.39, 0.29) is 18.3 Å². The smallest absolute Gasteiger partial charge is 0.163 e. The van der Waals surface area contributed by atoms with E-state index >= 15 is 0 Å². The van der Waals surface area contributed by atoms with Gasteiger partial charge in [-0.3, -0.25) is 0 Å². The number of hydrogen-bond donors (Lipinski definition) is 2. The van der Waals surface area contributed by atoms with Crippen LogP contribution in [-0.4, -0.2) is 49.7 Å². The predicted octanol–water partition coefficient (Wildman–Crippen LogP) is 1.02. The Hall–Kier alpha value is -1.66. The second kappa shape index (κ2) is 5.27. The van der Waals surface area contributed by atoms with E-state index in [1.54, 1.807) is 6.07 Å². The number of aliphatic hydroxyl groups excluding tert-OH is 1. The van der Waals surface area contributed by atoms with Crippen molar-refractivity contribution in [2.75, 3.05) is 43.5 Å². The van der Waals surface area contributed by atoms with Crippen molar-refractivity contribution in [3.63, 3.8) is 0 Å². The summed E-state index contributed by atoms with van der Waals surface area (Å²) in [5.74, 6) is 1.41. The van der Waals surface area contributed by atoms with Crippen LogP contribution in [0.3, 0.4) is 0 Å². The molecule has 6 heteroatoms. The van der Waals surface area contributed by atoms with Crippen LogP contribution in [0.15, 0.2) is 12.1 Å². The standard InChI is InChI=1S/C15H22N2O4/c1-15(2)9-17(7-10(8-18)21-15)12-6-14-13(5-11(12)16)19-3-4-20-14/h5-6,10,18H,3-4,7-9,16H2,1-2H3. The summed E-state index contributed by atoms with van der Waals surface area (Å²) >= 11 is 0. The van der Waals surface area contributed by atoms with Crippen molar-refractivity contribution in [1.29, 1.82) is 0 Å². The molecule has 3 rings (SSSR count). The lowest BCUT2D eigenvalue weighted by Gasteiger charge is -2.43. The molecule has 0 spiro atoms. The fourth-order valence-corrected chi connectivity index (χ4v) is 2.94. The zero-order chi connectivity index (χ0) is 15.0. The lowest BCUT2D eigenvalue weighted by molar-refractivity contribution is -0.100. The van der Waals surface area contributed by atoms with Gasteiger partial charge in [0.15, 0.2) is 11.5 Å². The Bertz CT molecular complexity index is 533. The number of benzene rings is 1. The predicted molar refractivity (Wildman–Crippen MR) is 80.1 cm³/mol. The first-order valence-corrected chi connectivity index (χ1v) is 7.21. The molecule has 1 unspecified atom stereocenters. The van der Waals surface area contributed by atoms with Crippen LogP contribution in [0.2, 0.25) is 0 Å². The molecule has 1 atom stereocenters. The molecule has 21 heavy (non-hydrogen) atoms. The highest BCUT2D eigenvalue weighted by Crippen LogP contribution is 2.40. The summed E-state index contributed by atoms with van der Waals surface area (Å²) in [6.45, 7) is 6.40. The van der Waals surface area contributed by atoms with E-state index in [1.165, 1.54) is 0 Å². The molecule has 6 nitrogen and oxygen atoms in total. The number of fused-ring (bicyclic) bond motifs is 1. The van der Waals surface area contributed by atoms with Crippen LogP contribution in [0.4, 0.5) is 11.4 Å². The quantitative estimate of drug-likeness (QED) is 0.793. The van der Waals surface area contributed by atoms with Crippen LogP contribution in [0.5, 0.6) is 11.5 Å². The van der Waals surface area contributed by atoms with E-state index in [1.807, 2.05) is 19.9 Å². The maximum Gasteiger partial charge on any atom is 0.163 e. The summed E-state index contributed by atoms with van der Waals surface area (Å²) < 4.78 is 17.0. The zero-order valence-electron chi connectivity index (χ0n) is 12.5. The van der Waals surface area contributed by atoms with Gasteiger partial charge in [-0.15, -0.1) is 0 Å². The van der Waals surface area contributed by atoms with Crippen molar-refractivity contribution in [3.8, 4) is 11.5 Å². The third-order valence-corrected chi connectivity index (χ3v) is 3.72. The molecule has 1 saturated heterocycles. The molecule has 0 bridgehead atoms. The molecule has 1 aromatic rings. The average Bonchev–Trinajstić information content (AvgIpc) is 2.44. The number of rotatable bonds is 2. The molecule has 116 valence electrons. The normalized spacial score (nSPS) is 24.0. The molecule has 0 radical (unpaired) electrons. The fraction of sp³-hybridized carbons (Fsp3) is 0.600. The van der Waals surface area contributed by atoms with E-state index in [4.69, 9.17) is 19.9 Å². The molecular weight excluding hydrogens is 272 g/mol. The van der Waals surface area contributed by atoms with Crippen LogP contribution < -0.4 is 20.1 Å². The van der Waals surface area contributed by atoms with Gasteiger partial charge in [-0.25, -0.2) is 0 Å². The molecule has 1 aromatic carbocycles. The van der Waals surface area contributed by atoms with Crippen molar-refractivity contribution in [3.05, 3.63) is 12.1 Å². The van der Waals surface area contributed by atoms with E-state index in [0.29, 0.717) is 37.7 Å². The zero-order valence-corrected chi connectivity index (χ0v) is 12.5. The summed E-state index contributed by atoms with van der Waals surface area (Å²) in [4.78, 5) is 2.14. The summed E-state index contributed by atoms with van der Waals surface area (Å²) in [5.41, 5.74) is 7.37. The summed E-state index contributed by atoms with van der Waals surface area (Å²) in [7, 11) is 0. The monoisotopic (exact) mass is 294 g/mol. The highest BCUT2D eigenvalue weighted by atomic mass is 16.6. The topological polar surface area (TPSA) is 77.2 Å². The van der Waals surface area contributed by atoms with Crippen molar-refractivity contribution in [1.82, 2.24) is 0 Å². The highest BCUT2D eigenvalue weighted by molar-refractivity contribution is 5.73. The van der Waals surface area contributed by atoms with Gasteiger partial charge in [0.05, 0.1) is 29.7 Å². The first kappa shape index (κ1) is 14.3. The molecule has 2 aliphatic heterocycles. The maximum atomic E-state index is 9.42. The Morgan fingerprint density at radius 3 is 2.62 bits per heavy atom. The average molecular weight is 294 g/mol. The lowest BCUT2D eigenvalue weighted by atomic mass is 10.0. The van der Waals surface area contributed by atoms with Crippen LogP contribution in [0.1, 0.15) is 13.8 Å². The number of anilines is 2. The Morgan fingerprint density at radius 1 is 1.29 bits per heavy atom. The van der Waals surface area contributed by atoms with Gasteiger partial charge >= 0.3 is 0 Å². The summed E-state index contributed by atoms with van der Waals surface area (Å²) in [5, 5.41) is 9.42. The number of ether oxygens (including phenoxy) is 3. The van der Waals surface area contributed by atoms with Gasteiger partial charge in [0.25, 0.3) is 0 Å². The minimum atomic E-state index is -0.342. The lowest BCUT2D eigenvalue weighted by Crippen LogP contribution is -2.54. The summed E-state index contributed by atoms with van der Waals surface area (Å²) in [6, 6.07) is 3.72. The Balaban J connectivity index is 1.92. The summed E-state index contributed by atoms with van der Waals surface area (Å²) in [6.07, 6.45) is -0.221. The molecule has 1 fully saturated rings. The van der Waals surface area contributed by atoms with Crippen LogP contribution >= 0.6 is 0 Å². The van der Waals surface area contributed by atoms with E-state index in [2.05, 4.69) is 4.90 Å². The number of nitrogens with zero attached hydrogens (tertiary/aromatic N) is 1. The minimum absolute atomic E-state index is 0.00954. The van der Waals surface area contributed by atoms with Gasteiger partial charge in [0, 0.05) is 25.2 Å². The van der Waals surface area contributed by atoms with Gasteiger partial charge in [-0.2, -0.15) is 0 Å². The number of nitrogen functional groups attached to an aromatic ring is 1. The van der Waals surface area contributed by atoms with Gasteiger partial charge in [0.2, 0.25) is 0 Å². The van der Waals surface area contributed by atoms with Crippen LogP contribution in [-0.2, 0) is 4.74 Å². The molecule has 0 saturated carbocycles. The molecule has 0 aromatic heterocycles. The van der Waals surface area contributed by atoms with E-state index in [0.717, 1.165) is 11.4 Å². The second-order valence-electron chi connectivity index (χ2n) is 6.12. The van der Waals surface area contributed by atoms with Crippen molar-refractivity contribution in [2.45, 2.75) is 25.6 Å². The van der Waals surface area contributed by atoms with Gasteiger partial charge in [-0.1, -0.05) is 0 Å². The third-order valence-electron chi connectivity index (χ3n) is 3.72. The van der Waals surface area contributed by atoms with Crippen LogP contribution in [0.25, 0.3) is 0 Å². The number of nitrogens with two attached hydrogens (primary N) is 1. The molecule has 3 N–H and O–H groups in total. The number of aliphatic hydroxyl groups is 1. The third kappa shape index (κ3) is 2.87. The first-order valence-electron chi connectivity index (χ1n) is 7.21. The largest absolute Gasteiger partial charge is 0.486 e. The second-order valence-corrected chi connectivity index (χ2v) is 6.12. The molecular formula is C15H22N2O4. The minimum Gasteiger partial charge on any atom is -0.486 e. The van der Waals surface area contributed by atoms with Crippen molar-refractivity contribution < 1.29 is 19.3 Å². The van der Waals surface area contributed by atoms with E-state index in [9.17, 15) is 5.11 Å². The molecule has 0 amide bonds. The van der Waals surface area contributed by atoms with Gasteiger partial charge in [-0.05, 0) is 13.8 Å². The van der Waals surface area contributed by atoms with Crippen molar-refractivity contribution >= 4 is 11.4 Å². The molecule has 0 aliphatic carbocycles. The van der Waals surface area contributed by atoms with Gasteiger partial charge < -0.3 is 30.0 Å². The Labute approximate surface area is 124 Å². The fourth-order valence-electron chi connectivity index (χ4n) is 2.94. The molecule has 2 aliphatic rings. The number of hydrogen-bond acceptors (Lipinski definition) is 6. The van der Waals surface area contributed by atoms with Gasteiger partial charge in [0.1, 0.15) is 13.2 Å². The van der Waals surface area contributed by atoms with Crippen LogP contribution in [0, 0.1) is 0 Å². The first-order chi connectivity index (χ1) is 9.98. The Morgan fingerprint density at radius 2 is 1.95 bits per heavy atom. The SMILES string of the molecule is CC1(C)CN(c2cc3c(cc2N)OCCO3)CC(CO)O1. The van der Waals surface area contributed by atoms with Crippen molar-refractivity contribution in [2.24, 2.45) is 0 Å². The maximum absolute atomic E-state index is 9.42. The van der Waals surface area contributed by atoms with E-state index < -0.39 is 0 Å². The molecule has 2 heterocycles. The number of morpholine rings is 1. The Kier molecular flexibility index (Phi) is 3.59.